The van der Waals surface area contributed by atoms with E-state index in [2.05, 4.69) is 77.7 Å². The molecule has 0 N–H and O–H groups in total. The van der Waals surface area contributed by atoms with Crippen molar-refractivity contribution in [2.24, 2.45) is 0 Å². The Morgan fingerprint density at radius 2 is 2.03 bits per heavy atom. The highest BCUT2D eigenvalue weighted by Crippen LogP contribution is 2.39. The first-order valence-electron chi connectivity index (χ1n) is 9.44. The van der Waals surface area contributed by atoms with Crippen LogP contribution in [0.25, 0.3) is 21.6 Å². The molecule has 150 valence electrons. The Labute approximate surface area is 192 Å². The fourth-order valence-corrected chi connectivity index (χ4v) is 6.32. The van der Waals surface area contributed by atoms with Gasteiger partial charge in [-0.3, -0.25) is 4.57 Å². The minimum atomic E-state index is 0.0418. The van der Waals surface area contributed by atoms with E-state index < -0.39 is 0 Å². The summed E-state index contributed by atoms with van der Waals surface area (Å²) in [5, 5.41) is 1.07. The van der Waals surface area contributed by atoms with Crippen LogP contribution in [-0.2, 0) is 0 Å². The highest BCUT2D eigenvalue weighted by Gasteiger charge is 2.28. The average molecular weight is 535 g/mol. The normalized spacial score (nSPS) is 17.0. The van der Waals surface area contributed by atoms with Crippen LogP contribution in [-0.4, -0.2) is 39.9 Å². The van der Waals surface area contributed by atoms with Crippen molar-refractivity contribution in [3.8, 4) is 5.69 Å². The van der Waals surface area contributed by atoms with E-state index in [0.717, 1.165) is 73.7 Å². The first kappa shape index (κ1) is 20.7. The van der Waals surface area contributed by atoms with Gasteiger partial charge in [-0.2, -0.15) is 0 Å². The lowest BCUT2D eigenvalue weighted by atomic mass is 10.1. The van der Waals surface area contributed by atoms with Crippen molar-refractivity contribution < 1.29 is 0 Å². The molecule has 1 atom stereocenters. The molecule has 0 saturated carbocycles. The van der Waals surface area contributed by atoms with Crippen LogP contribution in [0.5, 0.6) is 0 Å². The van der Waals surface area contributed by atoms with Crippen molar-refractivity contribution in [3.63, 3.8) is 0 Å². The minimum Gasteiger partial charge on any atom is -0.348 e. The maximum Gasteiger partial charge on any atom is 0.241 e. The summed E-state index contributed by atoms with van der Waals surface area (Å²) < 4.78 is 4.22. The summed E-state index contributed by atoms with van der Waals surface area (Å²) >= 11 is 9.05. The molecule has 1 aromatic carbocycles. The zero-order valence-corrected chi connectivity index (χ0v) is 20.5. The molecule has 1 saturated heterocycles. The number of piperidine rings is 1. The smallest absolute Gasteiger partial charge is 0.241 e. The molecule has 5 nitrogen and oxygen atoms in total. The van der Waals surface area contributed by atoms with Crippen molar-refractivity contribution in [2.45, 2.75) is 37.6 Å². The number of thioether (sulfide) groups is 1. The number of anilines is 1. The largest absolute Gasteiger partial charge is 0.348 e. The molecule has 29 heavy (non-hydrogen) atoms. The first-order chi connectivity index (χ1) is 13.9. The van der Waals surface area contributed by atoms with Crippen molar-refractivity contribution in [1.82, 2.24) is 14.5 Å². The van der Waals surface area contributed by atoms with Crippen molar-refractivity contribution in [1.29, 1.82) is 0 Å². The van der Waals surface area contributed by atoms with E-state index in [1.165, 1.54) is 0 Å². The number of halogens is 2. The second kappa shape index (κ2) is 8.29. The van der Waals surface area contributed by atoms with Crippen LogP contribution in [0.3, 0.4) is 0 Å². The molecule has 0 radical (unpaired) electrons. The predicted molar refractivity (Wildman–Crippen MR) is 127 cm³/mol. The van der Waals surface area contributed by atoms with Gasteiger partial charge in [0.1, 0.15) is 11.6 Å². The predicted octanol–water partition coefficient (Wildman–Crippen LogP) is 6.17. The highest BCUT2D eigenvalue weighted by atomic mass is 79.9. The van der Waals surface area contributed by atoms with Crippen molar-refractivity contribution in [3.05, 3.63) is 50.1 Å². The Hall–Kier alpha value is -1.56. The van der Waals surface area contributed by atoms with Gasteiger partial charge >= 0.3 is 0 Å². The van der Waals surface area contributed by atoms with E-state index in [9.17, 15) is 0 Å². The topological polar surface area (TPSA) is 38.3 Å². The number of aromatic nitrogens is 3. The Kier molecular flexibility index (Phi) is 5.92. The monoisotopic (exact) mass is 533 g/mol. The number of fused-ring (bicyclic) bond motifs is 1. The second-order valence-electron chi connectivity index (χ2n) is 7.28. The van der Waals surface area contributed by atoms with Gasteiger partial charge < -0.3 is 9.74 Å². The molecule has 0 amide bonds. The molecule has 1 unspecified atom stereocenters. The van der Waals surface area contributed by atoms with Gasteiger partial charge in [0.2, 0.25) is 6.04 Å². The van der Waals surface area contributed by atoms with E-state index in [-0.39, 0.29) is 6.04 Å². The molecule has 1 fully saturated rings. The summed E-state index contributed by atoms with van der Waals surface area (Å²) in [5.74, 6) is 1.70. The van der Waals surface area contributed by atoms with Crippen LogP contribution in [0.4, 0.5) is 5.82 Å². The molecule has 3 aromatic rings. The van der Waals surface area contributed by atoms with E-state index in [1.54, 1.807) is 11.8 Å². The molecular formula is C21H21Br2N5S. The van der Waals surface area contributed by atoms with E-state index in [0.29, 0.717) is 0 Å². The SMILES string of the molecule is [C-]#[N+]C1CCCN(c2nc(C)nc3c2c(C)cn3-c2c(Br)cc(Br)cc2SC)C1. The molecular weight excluding hydrogens is 514 g/mol. The molecule has 0 bridgehead atoms. The van der Waals surface area contributed by atoms with Gasteiger partial charge in [0.05, 0.1) is 17.6 Å². The molecule has 1 aliphatic heterocycles. The fraction of sp³-hybridized carbons (Fsp3) is 0.381. The lowest BCUT2D eigenvalue weighted by molar-refractivity contribution is 0.547. The molecule has 3 heterocycles. The highest BCUT2D eigenvalue weighted by molar-refractivity contribution is 9.11. The van der Waals surface area contributed by atoms with Crippen LogP contribution in [0.15, 0.2) is 32.2 Å². The maximum atomic E-state index is 7.45. The van der Waals surface area contributed by atoms with E-state index >= 15 is 0 Å². The third-order valence-electron chi connectivity index (χ3n) is 5.26. The Bertz CT molecular complexity index is 1130. The summed E-state index contributed by atoms with van der Waals surface area (Å²) in [6, 6.07) is 4.24. The van der Waals surface area contributed by atoms with Gasteiger partial charge in [0.25, 0.3) is 0 Å². The second-order valence-corrected chi connectivity index (χ2v) is 9.90. The van der Waals surface area contributed by atoms with E-state index in [4.69, 9.17) is 16.5 Å². The summed E-state index contributed by atoms with van der Waals surface area (Å²) in [7, 11) is 0. The summed E-state index contributed by atoms with van der Waals surface area (Å²) in [4.78, 5) is 16.9. The third kappa shape index (κ3) is 3.80. The van der Waals surface area contributed by atoms with Gasteiger partial charge in [-0.05, 0) is 60.2 Å². The van der Waals surface area contributed by atoms with Crippen LogP contribution in [0.2, 0.25) is 0 Å². The average Bonchev–Trinajstić information content (AvgIpc) is 3.02. The maximum absolute atomic E-state index is 7.45. The minimum absolute atomic E-state index is 0.0418. The van der Waals surface area contributed by atoms with Gasteiger partial charge in [-0.25, -0.2) is 16.5 Å². The van der Waals surface area contributed by atoms with Gasteiger partial charge in [-0.15, -0.1) is 11.8 Å². The standard InChI is InChI=1S/C21H21Br2N5S/c1-12-10-28(19-16(23)8-14(22)9-17(19)29-4)21-18(12)20(25-13(2)26-21)27-7-5-6-15(11-27)24-3/h8-10,15H,5-7,11H2,1-2,4H3. The first-order valence-corrected chi connectivity index (χ1v) is 12.2. The number of rotatable bonds is 3. The zero-order valence-electron chi connectivity index (χ0n) is 16.5. The van der Waals surface area contributed by atoms with Crippen LogP contribution in [0.1, 0.15) is 24.2 Å². The molecule has 8 heteroatoms. The fourth-order valence-electron chi connectivity index (χ4n) is 3.97. The number of nitrogens with zero attached hydrogens (tertiary/aromatic N) is 5. The molecule has 4 rings (SSSR count). The van der Waals surface area contributed by atoms with Gasteiger partial charge in [-0.1, -0.05) is 15.9 Å². The van der Waals surface area contributed by atoms with Crippen LogP contribution >= 0.6 is 43.6 Å². The van der Waals surface area contributed by atoms with Gasteiger partial charge in [0, 0.05) is 33.0 Å². The Balaban J connectivity index is 1.95. The summed E-state index contributed by atoms with van der Waals surface area (Å²) in [6.45, 7) is 13.2. The molecule has 0 spiro atoms. The number of aryl methyl sites for hydroxylation is 2. The van der Waals surface area contributed by atoms with Crippen molar-refractivity contribution >= 4 is 60.5 Å². The lowest BCUT2D eigenvalue weighted by Crippen LogP contribution is -2.37. The summed E-state index contributed by atoms with van der Waals surface area (Å²) in [6.07, 6.45) is 6.22. The molecule has 2 aromatic heterocycles. The molecule has 0 aliphatic carbocycles. The summed E-state index contributed by atoms with van der Waals surface area (Å²) in [5.41, 5.74) is 3.13. The van der Waals surface area contributed by atoms with Crippen LogP contribution in [0, 0.1) is 20.4 Å². The van der Waals surface area contributed by atoms with Gasteiger partial charge in [0.15, 0.2) is 5.65 Å². The number of hydrogen-bond donors (Lipinski definition) is 0. The Morgan fingerprint density at radius 1 is 1.24 bits per heavy atom. The molecule has 1 aliphatic rings. The van der Waals surface area contributed by atoms with Crippen molar-refractivity contribution in [2.75, 3.05) is 24.2 Å². The zero-order chi connectivity index (χ0) is 20.7. The third-order valence-corrected chi connectivity index (χ3v) is 7.07. The lowest BCUT2D eigenvalue weighted by Gasteiger charge is -2.29. The van der Waals surface area contributed by atoms with Crippen LogP contribution < -0.4 is 4.90 Å². The van der Waals surface area contributed by atoms with E-state index in [1.807, 2.05) is 6.92 Å². The number of benzene rings is 1. The number of hydrogen-bond acceptors (Lipinski definition) is 4. The Morgan fingerprint density at radius 3 is 2.76 bits per heavy atom. The quantitative estimate of drug-likeness (QED) is 0.297.